The van der Waals surface area contributed by atoms with Gasteiger partial charge in [0.15, 0.2) is 17.5 Å². The van der Waals surface area contributed by atoms with Crippen molar-refractivity contribution in [3.63, 3.8) is 0 Å². The molecule has 4 heterocycles. The van der Waals surface area contributed by atoms with E-state index in [-0.39, 0.29) is 5.91 Å². The molecule has 32 heavy (non-hydrogen) atoms. The van der Waals surface area contributed by atoms with Gasteiger partial charge >= 0.3 is 0 Å². The normalized spacial score (nSPS) is 18.4. The minimum absolute atomic E-state index is 0.0333. The summed E-state index contributed by atoms with van der Waals surface area (Å²) in [6.45, 7) is 3.37. The summed E-state index contributed by atoms with van der Waals surface area (Å²) < 4.78 is 29.1. The van der Waals surface area contributed by atoms with Gasteiger partial charge in [0, 0.05) is 43.5 Å². The minimum Gasteiger partial charge on any atom is -0.356 e. The Kier molecular flexibility index (Phi) is 5.11. The van der Waals surface area contributed by atoms with Gasteiger partial charge in [-0.15, -0.1) is 0 Å². The molecule has 9 heteroatoms. The molecule has 0 atom stereocenters. The predicted octanol–water partition coefficient (Wildman–Crippen LogP) is 3.81. The van der Waals surface area contributed by atoms with E-state index in [4.69, 9.17) is 0 Å². The SMILES string of the molecule is Cc1cnn(-c2cc(N3CCC4(CCCC(=O)N4c4ccc(F)c(F)c4)CC3)ncn2)c1. The quantitative estimate of drug-likeness (QED) is 0.622. The third-order valence-electron chi connectivity index (χ3n) is 6.52. The number of piperidine rings is 2. The maximum absolute atomic E-state index is 13.9. The molecule has 2 fully saturated rings. The van der Waals surface area contributed by atoms with Gasteiger partial charge in [-0.05, 0) is 50.3 Å². The van der Waals surface area contributed by atoms with Gasteiger partial charge in [0.1, 0.15) is 12.1 Å². The zero-order valence-electron chi connectivity index (χ0n) is 17.8. The van der Waals surface area contributed by atoms with Crippen LogP contribution in [-0.2, 0) is 4.79 Å². The zero-order valence-corrected chi connectivity index (χ0v) is 17.8. The Balaban J connectivity index is 1.38. The van der Waals surface area contributed by atoms with Crippen LogP contribution in [0, 0.1) is 18.6 Å². The van der Waals surface area contributed by atoms with E-state index in [1.807, 2.05) is 19.2 Å². The number of benzene rings is 1. The maximum Gasteiger partial charge on any atom is 0.227 e. The van der Waals surface area contributed by atoms with Crippen molar-refractivity contribution in [3.8, 4) is 5.82 Å². The summed E-state index contributed by atoms with van der Waals surface area (Å²) in [5, 5.41) is 4.31. The lowest BCUT2D eigenvalue weighted by atomic mass is 9.78. The molecule has 2 saturated heterocycles. The van der Waals surface area contributed by atoms with Crippen LogP contribution in [0.15, 0.2) is 43.0 Å². The van der Waals surface area contributed by atoms with Crippen LogP contribution in [0.4, 0.5) is 20.3 Å². The highest BCUT2D eigenvalue weighted by Crippen LogP contribution is 2.41. The van der Waals surface area contributed by atoms with Gasteiger partial charge in [-0.2, -0.15) is 5.10 Å². The molecule has 1 spiro atoms. The highest BCUT2D eigenvalue weighted by atomic mass is 19.2. The summed E-state index contributed by atoms with van der Waals surface area (Å²) in [5.41, 5.74) is 1.08. The van der Waals surface area contributed by atoms with Gasteiger partial charge in [0.2, 0.25) is 5.91 Å². The second kappa shape index (κ2) is 7.96. The summed E-state index contributed by atoms with van der Waals surface area (Å²) in [5.74, 6) is -0.377. The molecule has 0 aliphatic carbocycles. The van der Waals surface area contributed by atoms with E-state index in [1.165, 1.54) is 12.4 Å². The summed E-state index contributed by atoms with van der Waals surface area (Å²) >= 11 is 0. The summed E-state index contributed by atoms with van der Waals surface area (Å²) in [7, 11) is 0. The molecule has 0 bridgehead atoms. The first kappa shape index (κ1) is 20.5. The van der Waals surface area contributed by atoms with E-state index < -0.39 is 17.2 Å². The second-order valence-corrected chi connectivity index (χ2v) is 8.59. The fourth-order valence-corrected chi connectivity index (χ4v) is 4.90. The smallest absolute Gasteiger partial charge is 0.227 e. The lowest BCUT2D eigenvalue weighted by Gasteiger charge is -2.51. The van der Waals surface area contributed by atoms with E-state index in [1.54, 1.807) is 15.8 Å². The molecule has 3 aromatic rings. The Morgan fingerprint density at radius 1 is 1.00 bits per heavy atom. The number of carbonyl (C=O) groups is 1. The van der Waals surface area contributed by atoms with E-state index in [0.717, 1.165) is 49.2 Å². The predicted molar refractivity (Wildman–Crippen MR) is 116 cm³/mol. The summed E-state index contributed by atoms with van der Waals surface area (Å²) in [6, 6.07) is 5.63. The largest absolute Gasteiger partial charge is 0.356 e. The molecule has 0 unspecified atom stereocenters. The highest BCUT2D eigenvalue weighted by molar-refractivity contribution is 5.95. The van der Waals surface area contributed by atoms with Crippen LogP contribution in [0.5, 0.6) is 0 Å². The van der Waals surface area contributed by atoms with Gasteiger partial charge < -0.3 is 9.80 Å². The van der Waals surface area contributed by atoms with E-state index in [0.29, 0.717) is 31.0 Å². The average molecular weight is 438 g/mol. The number of rotatable bonds is 3. The number of nitrogens with zero attached hydrogens (tertiary/aromatic N) is 6. The third-order valence-corrected chi connectivity index (χ3v) is 6.52. The van der Waals surface area contributed by atoms with Gasteiger partial charge in [0.25, 0.3) is 0 Å². The van der Waals surface area contributed by atoms with Crippen molar-refractivity contribution in [1.82, 2.24) is 19.7 Å². The first-order chi connectivity index (χ1) is 15.4. The minimum atomic E-state index is -0.934. The van der Waals surface area contributed by atoms with Crippen molar-refractivity contribution in [3.05, 3.63) is 60.2 Å². The molecule has 166 valence electrons. The average Bonchev–Trinajstić information content (AvgIpc) is 3.23. The van der Waals surface area contributed by atoms with Gasteiger partial charge in [-0.1, -0.05) is 0 Å². The molecule has 0 saturated carbocycles. The van der Waals surface area contributed by atoms with Crippen molar-refractivity contribution >= 4 is 17.4 Å². The van der Waals surface area contributed by atoms with Gasteiger partial charge in [-0.25, -0.2) is 23.4 Å². The van der Waals surface area contributed by atoms with Crippen molar-refractivity contribution in [2.24, 2.45) is 0 Å². The van der Waals surface area contributed by atoms with Crippen LogP contribution in [0.2, 0.25) is 0 Å². The van der Waals surface area contributed by atoms with Gasteiger partial charge in [-0.3, -0.25) is 4.79 Å². The van der Waals surface area contributed by atoms with Crippen LogP contribution >= 0.6 is 0 Å². The number of aryl methyl sites for hydroxylation is 1. The highest BCUT2D eigenvalue weighted by Gasteiger charge is 2.45. The first-order valence-electron chi connectivity index (χ1n) is 10.8. The van der Waals surface area contributed by atoms with Crippen LogP contribution in [0.1, 0.15) is 37.7 Å². The molecule has 2 aliphatic rings. The van der Waals surface area contributed by atoms with Crippen LogP contribution < -0.4 is 9.80 Å². The Morgan fingerprint density at radius 2 is 1.78 bits per heavy atom. The molecule has 2 aromatic heterocycles. The lowest BCUT2D eigenvalue weighted by Crippen LogP contribution is -2.60. The van der Waals surface area contributed by atoms with Crippen molar-refractivity contribution < 1.29 is 13.6 Å². The summed E-state index contributed by atoms with van der Waals surface area (Å²) in [6.07, 6.45) is 8.72. The van der Waals surface area contributed by atoms with Crippen molar-refractivity contribution in [1.29, 1.82) is 0 Å². The van der Waals surface area contributed by atoms with Gasteiger partial charge in [0.05, 0.1) is 11.7 Å². The lowest BCUT2D eigenvalue weighted by molar-refractivity contribution is -0.121. The molecule has 1 amide bonds. The van der Waals surface area contributed by atoms with Crippen LogP contribution in [0.3, 0.4) is 0 Å². The van der Waals surface area contributed by atoms with Crippen molar-refractivity contribution in [2.45, 2.75) is 44.6 Å². The zero-order chi connectivity index (χ0) is 22.3. The van der Waals surface area contributed by atoms with Crippen molar-refractivity contribution in [2.75, 3.05) is 22.9 Å². The Morgan fingerprint density at radius 3 is 2.50 bits per heavy atom. The fraction of sp³-hybridized carbons (Fsp3) is 0.391. The van der Waals surface area contributed by atoms with Crippen LogP contribution in [0.25, 0.3) is 5.82 Å². The summed E-state index contributed by atoms with van der Waals surface area (Å²) in [4.78, 5) is 25.5. The van der Waals surface area contributed by atoms with Crippen LogP contribution in [-0.4, -0.2) is 44.3 Å². The monoisotopic (exact) mass is 438 g/mol. The number of hydrogen-bond donors (Lipinski definition) is 0. The number of aromatic nitrogens is 4. The Bertz CT molecular complexity index is 1150. The third kappa shape index (κ3) is 3.61. The van der Waals surface area contributed by atoms with E-state index in [2.05, 4.69) is 20.0 Å². The molecule has 7 nitrogen and oxygen atoms in total. The molecule has 2 aliphatic heterocycles. The number of halogens is 2. The number of amides is 1. The Hall–Kier alpha value is -3.36. The van der Waals surface area contributed by atoms with E-state index in [9.17, 15) is 13.6 Å². The number of anilines is 2. The molecule has 0 radical (unpaired) electrons. The molecule has 1 aromatic carbocycles. The molecular formula is C23H24F2N6O. The molecule has 5 rings (SSSR count). The molecule has 0 N–H and O–H groups in total. The standard InChI is InChI=1S/C23H24F2N6O/c1-16-13-28-30(14-16)21-12-20(26-15-27-21)29-9-7-23(8-10-29)6-2-3-22(32)31(23)17-4-5-18(24)19(25)11-17/h4-5,11-15H,2-3,6-10H2,1H3. The topological polar surface area (TPSA) is 67.2 Å². The fourth-order valence-electron chi connectivity index (χ4n) is 4.90. The number of carbonyl (C=O) groups excluding carboxylic acids is 1. The number of hydrogen-bond acceptors (Lipinski definition) is 5. The molecular weight excluding hydrogens is 414 g/mol. The maximum atomic E-state index is 13.9. The first-order valence-corrected chi connectivity index (χ1v) is 10.8. The second-order valence-electron chi connectivity index (χ2n) is 8.59. The van der Waals surface area contributed by atoms with E-state index >= 15 is 0 Å². The Labute approximate surface area is 184 Å².